The highest BCUT2D eigenvalue weighted by Gasteiger charge is 2.32. The predicted molar refractivity (Wildman–Crippen MR) is 87.9 cm³/mol. The normalized spacial score (nSPS) is 18.2. The maximum Gasteiger partial charge on any atom is 0.231 e. The molecule has 1 aromatic carbocycles. The number of benzene rings is 1. The second-order valence-corrected chi connectivity index (χ2v) is 6.55. The molecule has 2 heterocycles. The fourth-order valence-corrected chi connectivity index (χ4v) is 3.21. The van der Waals surface area contributed by atoms with E-state index in [0.717, 1.165) is 44.7 Å². The molecule has 1 N–H and O–H groups in total. The van der Waals surface area contributed by atoms with Crippen LogP contribution in [0, 0.1) is 5.41 Å². The van der Waals surface area contributed by atoms with Gasteiger partial charge in [-0.3, -0.25) is 4.90 Å². The summed E-state index contributed by atoms with van der Waals surface area (Å²) >= 11 is 0. The van der Waals surface area contributed by atoms with Gasteiger partial charge in [-0.15, -0.1) is 0 Å². The number of aliphatic hydroxyl groups excluding tert-OH is 1. The molecule has 0 radical (unpaired) electrons. The minimum atomic E-state index is 0.117. The van der Waals surface area contributed by atoms with Crippen LogP contribution < -0.4 is 0 Å². The standard InChI is InChI=1S/C18H25N3O2/c1-2-18(14-22)8-10-21(11-9-18)13-16-19-17(23-20-16)12-15-6-4-3-5-7-15/h3-7,22H,2,8-14H2,1H3. The molecule has 124 valence electrons. The maximum absolute atomic E-state index is 9.60. The molecule has 3 rings (SSSR count). The van der Waals surface area contributed by atoms with Gasteiger partial charge in [0.05, 0.1) is 13.0 Å². The van der Waals surface area contributed by atoms with Crippen LogP contribution in [0.5, 0.6) is 0 Å². The lowest BCUT2D eigenvalue weighted by molar-refractivity contribution is 0.0371. The molecule has 0 unspecified atom stereocenters. The van der Waals surface area contributed by atoms with Gasteiger partial charge in [-0.1, -0.05) is 42.4 Å². The summed E-state index contributed by atoms with van der Waals surface area (Å²) in [5, 5.41) is 13.7. The molecule has 1 fully saturated rings. The Morgan fingerprint density at radius 2 is 1.96 bits per heavy atom. The van der Waals surface area contributed by atoms with E-state index < -0.39 is 0 Å². The zero-order valence-corrected chi connectivity index (χ0v) is 13.7. The summed E-state index contributed by atoms with van der Waals surface area (Å²) in [6.45, 7) is 5.15. The fourth-order valence-electron chi connectivity index (χ4n) is 3.21. The Kier molecular flexibility index (Phi) is 5.08. The first-order chi connectivity index (χ1) is 11.2. The number of hydrogen-bond acceptors (Lipinski definition) is 5. The van der Waals surface area contributed by atoms with Gasteiger partial charge in [-0.05, 0) is 43.3 Å². The van der Waals surface area contributed by atoms with E-state index in [1.54, 1.807) is 0 Å². The van der Waals surface area contributed by atoms with Crippen molar-refractivity contribution in [1.29, 1.82) is 0 Å². The molecule has 1 aliphatic rings. The van der Waals surface area contributed by atoms with Crippen LogP contribution in [0.4, 0.5) is 0 Å². The maximum atomic E-state index is 9.60. The Hall–Kier alpha value is -1.72. The van der Waals surface area contributed by atoms with Gasteiger partial charge in [-0.2, -0.15) is 4.98 Å². The van der Waals surface area contributed by atoms with Crippen molar-refractivity contribution in [3.8, 4) is 0 Å². The SMILES string of the molecule is CCC1(CO)CCN(Cc2noc(Cc3ccccc3)n2)CC1. The van der Waals surface area contributed by atoms with E-state index in [4.69, 9.17) is 4.52 Å². The lowest BCUT2D eigenvalue weighted by atomic mass is 9.77. The van der Waals surface area contributed by atoms with E-state index in [-0.39, 0.29) is 5.41 Å². The highest BCUT2D eigenvalue weighted by Crippen LogP contribution is 2.34. The van der Waals surface area contributed by atoms with Crippen molar-refractivity contribution in [2.45, 2.75) is 39.2 Å². The smallest absolute Gasteiger partial charge is 0.231 e. The Balaban J connectivity index is 1.54. The van der Waals surface area contributed by atoms with Crippen LogP contribution in [-0.2, 0) is 13.0 Å². The number of aromatic nitrogens is 2. The van der Waals surface area contributed by atoms with E-state index in [1.807, 2.05) is 18.2 Å². The molecule has 1 aromatic heterocycles. The zero-order chi connectivity index (χ0) is 16.1. The Morgan fingerprint density at radius 3 is 2.61 bits per heavy atom. The summed E-state index contributed by atoms with van der Waals surface area (Å²) in [7, 11) is 0. The first-order valence-corrected chi connectivity index (χ1v) is 8.42. The van der Waals surface area contributed by atoms with Crippen molar-refractivity contribution in [3.05, 3.63) is 47.6 Å². The quantitative estimate of drug-likeness (QED) is 0.888. The lowest BCUT2D eigenvalue weighted by Crippen LogP contribution is -2.41. The number of nitrogens with zero attached hydrogens (tertiary/aromatic N) is 3. The number of piperidine rings is 1. The van der Waals surface area contributed by atoms with Crippen LogP contribution in [0.25, 0.3) is 0 Å². The van der Waals surface area contributed by atoms with E-state index in [2.05, 4.69) is 34.1 Å². The molecule has 2 aromatic rings. The molecule has 5 heteroatoms. The van der Waals surface area contributed by atoms with Gasteiger partial charge in [0, 0.05) is 6.61 Å². The molecule has 1 saturated heterocycles. The summed E-state index contributed by atoms with van der Waals surface area (Å²) in [5.41, 5.74) is 1.29. The molecule has 0 saturated carbocycles. The molecular formula is C18H25N3O2. The lowest BCUT2D eigenvalue weighted by Gasteiger charge is -2.39. The third-order valence-electron chi connectivity index (χ3n) is 5.08. The third kappa shape index (κ3) is 3.98. The predicted octanol–water partition coefficient (Wildman–Crippen LogP) is 2.64. The summed E-state index contributed by atoms with van der Waals surface area (Å²) in [4.78, 5) is 6.86. The van der Waals surface area contributed by atoms with Crippen LogP contribution in [0.2, 0.25) is 0 Å². The molecule has 23 heavy (non-hydrogen) atoms. The molecule has 1 aliphatic heterocycles. The van der Waals surface area contributed by atoms with E-state index >= 15 is 0 Å². The number of aliphatic hydroxyl groups is 1. The van der Waals surface area contributed by atoms with E-state index in [1.165, 1.54) is 5.56 Å². The van der Waals surface area contributed by atoms with Crippen LogP contribution >= 0.6 is 0 Å². The summed E-state index contributed by atoms with van der Waals surface area (Å²) < 4.78 is 5.37. The van der Waals surface area contributed by atoms with Crippen LogP contribution in [0.3, 0.4) is 0 Å². The van der Waals surface area contributed by atoms with Crippen molar-refractivity contribution in [1.82, 2.24) is 15.0 Å². The van der Waals surface area contributed by atoms with Crippen molar-refractivity contribution in [2.24, 2.45) is 5.41 Å². The first kappa shape index (κ1) is 16.1. The first-order valence-electron chi connectivity index (χ1n) is 8.42. The number of rotatable bonds is 6. The molecular weight excluding hydrogens is 290 g/mol. The van der Waals surface area contributed by atoms with Crippen LogP contribution in [-0.4, -0.2) is 39.8 Å². The van der Waals surface area contributed by atoms with Gasteiger partial charge in [0.25, 0.3) is 0 Å². The minimum Gasteiger partial charge on any atom is -0.396 e. The van der Waals surface area contributed by atoms with Gasteiger partial charge in [0.1, 0.15) is 0 Å². The Bertz CT molecular complexity index is 598. The van der Waals surface area contributed by atoms with Gasteiger partial charge >= 0.3 is 0 Å². The second-order valence-electron chi connectivity index (χ2n) is 6.55. The monoisotopic (exact) mass is 315 g/mol. The Morgan fingerprint density at radius 1 is 1.22 bits per heavy atom. The summed E-state index contributed by atoms with van der Waals surface area (Å²) in [6, 6.07) is 10.2. The van der Waals surface area contributed by atoms with Crippen molar-refractivity contribution in [3.63, 3.8) is 0 Å². The second kappa shape index (κ2) is 7.23. The zero-order valence-electron chi connectivity index (χ0n) is 13.7. The number of hydrogen-bond donors (Lipinski definition) is 1. The largest absolute Gasteiger partial charge is 0.396 e. The minimum absolute atomic E-state index is 0.117. The van der Waals surface area contributed by atoms with Crippen LogP contribution in [0.15, 0.2) is 34.9 Å². The summed E-state index contributed by atoms with van der Waals surface area (Å²) in [5.74, 6) is 1.42. The van der Waals surface area contributed by atoms with Crippen LogP contribution in [0.1, 0.15) is 43.5 Å². The topological polar surface area (TPSA) is 62.4 Å². The molecule has 0 amide bonds. The van der Waals surface area contributed by atoms with Gasteiger partial charge in [-0.25, -0.2) is 0 Å². The van der Waals surface area contributed by atoms with E-state index in [0.29, 0.717) is 18.9 Å². The molecule has 0 spiro atoms. The molecule has 0 atom stereocenters. The van der Waals surface area contributed by atoms with Gasteiger partial charge in [0.2, 0.25) is 5.89 Å². The van der Waals surface area contributed by atoms with Crippen molar-refractivity contribution < 1.29 is 9.63 Å². The average molecular weight is 315 g/mol. The highest BCUT2D eigenvalue weighted by atomic mass is 16.5. The molecule has 0 bridgehead atoms. The average Bonchev–Trinajstić information content (AvgIpc) is 3.04. The van der Waals surface area contributed by atoms with Gasteiger partial charge < -0.3 is 9.63 Å². The molecule has 0 aliphatic carbocycles. The third-order valence-corrected chi connectivity index (χ3v) is 5.08. The Labute approximate surface area is 137 Å². The van der Waals surface area contributed by atoms with Crippen molar-refractivity contribution >= 4 is 0 Å². The highest BCUT2D eigenvalue weighted by molar-refractivity contribution is 5.17. The fraction of sp³-hybridized carbons (Fsp3) is 0.556. The van der Waals surface area contributed by atoms with Gasteiger partial charge in [0.15, 0.2) is 5.82 Å². The van der Waals surface area contributed by atoms with E-state index in [9.17, 15) is 5.11 Å². The molecule has 5 nitrogen and oxygen atoms in total. The summed E-state index contributed by atoms with van der Waals surface area (Å²) in [6.07, 6.45) is 3.79. The van der Waals surface area contributed by atoms with Crippen molar-refractivity contribution in [2.75, 3.05) is 19.7 Å². The number of likely N-dealkylation sites (tertiary alicyclic amines) is 1.